The Labute approximate surface area is 162 Å². The van der Waals surface area contributed by atoms with E-state index in [1.807, 2.05) is 6.92 Å². The maximum Gasteiger partial charge on any atom is 0.280 e. The molecule has 2 atom stereocenters. The van der Waals surface area contributed by atoms with Crippen LogP contribution in [0.5, 0.6) is 5.75 Å². The number of aryl methyl sites for hydroxylation is 1. The summed E-state index contributed by atoms with van der Waals surface area (Å²) in [6, 6.07) is 2.66. The van der Waals surface area contributed by atoms with E-state index >= 15 is 0 Å². The van der Waals surface area contributed by atoms with E-state index in [-0.39, 0.29) is 17.9 Å². The molecule has 1 amide bonds. The molecule has 3 N–H and O–H groups in total. The van der Waals surface area contributed by atoms with Gasteiger partial charge in [0.2, 0.25) is 5.91 Å². The Morgan fingerprint density at radius 3 is 2.74 bits per heavy atom. The van der Waals surface area contributed by atoms with E-state index in [0.717, 1.165) is 10.00 Å². The highest BCUT2D eigenvalue weighted by Gasteiger charge is 2.41. The van der Waals surface area contributed by atoms with Crippen LogP contribution >= 0.6 is 11.6 Å². The fourth-order valence-electron chi connectivity index (χ4n) is 3.00. The third kappa shape index (κ3) is 3.79. The highest BCUT2D eigenvalue weighted by molar-refractivity contribution is 7.87. The number of rotatable bonds is 3. The monoisotopic (exact) mass is 413 g/mol. The number of halogens is 1. The molecule has 3 rings (SSSR count). The highest BCUT2D eigenvalue weighted by atomic mass is 35.5. The third-order valence-corrected chi connectivity index (χ3v) is 6.57. The number of phenolic OH excluding ortho intramolecular Hbond substituents is 1. The molecule has 0 bridgehead atoms. The molecule has 1 aromatic carbocycles. The van der Waals surface area contributed by atoms with Crippen molar-refractivity contribution in [1.29, 1.82) is 0 Å². The average molecular weight is 414 g/mol. The summed E-state index contributed by atoms with van der Waals surface area (Å²) in [5.74, 6) is -0.724. The second kappa shape index (κ2) is 7.12. The molecule has 0 spiro atoms. The number of benzene rings is 1. The van der Waals surface area contributed by atoms with Crippen molar-refractivity contribution in [3.8, 4) is 5.75 Å². The lowest BCUT2D eigenvalue weighted by atomic mass is 10.00. The number of carbonyl (C=O) groups is 1. The molecule has 9 nitrogen and oxygen atoms in total. The molecule has 0 unspecified atom stereocenters. The van der Waals surface area contributed by atoms with E-state index in [1.54, 1.807) is 17.9 Å². The first-order chi connectivity index (χ1) is 12.6. The van der Waals surface area contributed by atoms with E-state index in [0.29, 0.717) is 10.6 Å². The zero-order valence-corrected chi connectivity index (χ0v) is 16.5. The van der Waals surface area contributed by atoms with E-state index in [9.17, 15) is 18.3 Å². The Morgan fingerprint density at radius 2 is 2.11 bits per heavy atom. The van der Waals surface area contributed by atoms with Gasteiger partial charge in [-0.15, -0.1) is 0 Å². The number of phenols is 1. The predicted molar refractivity (Wildman–Crippen MR) is 101 cm³/mol. The summed E-state index contributed by atoms with van der Waals surface area (Å²) in [6.45, 7) is 1.83. The molecule has 1 aromatic heterocycles. The highest BCUT2D eigenvalue weighted by Crippen LogP contribution is 2.31. The van der Waals surface area contributed by atoms with Gasteiger partial charge in [-0.2, -0.15) is 22.5 Å². The van der Waals surface area contributed by atoms with Crippen molar-refractivity contribution in [2.45, 2.75) is 25.4 Å². The van der Waals surface area contributed by atoms with Crippen LogP contribution in [-0.4, -0.2) is 46.6 Å². The number of aromatic nitrogens is 2. The van der Waals surface area contributed by atoms with Crippen LogP contribution in [0.15, 0.2) is 24.4 Å². The van der Waals surface area contributed by atoms with E-state index in [2.05, 4.69) is 15.1 Å². The number of hydrogen-bond donors (Lipinski definition) is 3. The zero-order chi connectivity index (χ0) is 19.9. The van der Waals surface area contributed by atoms with Crippen LogP contribution in [0, 0.1) is 6.92 Å². The van der Waals surface area contributed by atoms with Crippen molar-refractivity contribution in [2.75, 3.05) is 12.4 Å². The van der Waals surface area contributed by atoms with Gasteiger partial charge in [-0.3, -0.25) is 9.48 Å². The van der Waals surface area contributed by atoms with Gasteiger partial charge in [0.05, 0.1) is 17.9 Å². The summed E-state index contributed by atoms with van der Waals surface area (Å²) in [7, 11) is -0.786. The van der Waals surface area contributed by atoms with Gasteiger partial charge < -0.3 is 10.4 Å². The first-order valence-corrected chi connectivity index (χ1v) is 9.95. The molecular weight excluding hydrogens is 394 g/mol. The number of anilines is 1. The normalized spacial score (nSPS) is 22.5. The van der Waals surface area contributed by atoms with E-state index in [1.165, 1.54) is 25.2 Å². The third-order valence-electron chi connectivity index (χ3n) is 4.74. The fraction of sp³-hybridized carbons (Fsp3) is 0.375. The minimum atomic E-state index is -3.87. The SMILES string of the molecule is Cc1c([C@@H]2C[C@@H](C(=O)Nc3cc(Cl)ccc3O)N(C)S(=O)(=O)N2)cnn1C. The van der Waals surface area contributed by atoms with Gasteiger partial charge in [0.1, 0.15) is 11.8 Å². The van der Waals surface area contributed by atoms with Crippen LogP contribution in [0.2, 0.25) is 5.02 Å². The Hall–Kier alpha value is -2.14. The Balaban J connectivity index is 1.89. The Bertz CT molecular complexity index is 991. The predicted octanol–water partition coefficient (Wildman–Crippen LogP) is 1.31. The molecule has 2 aromatic rings. The van der Waals surface area contributed by atoms with Crippen molar-refractivity contribution >= 4 is 33.4 Å². The molecule has 1 aliphatic heterocycles. The lowest BCUT2D eigenvalue weighted by Gasteiger charge is -2.36. The summed E-state index contributed by atoms with van der Waals surface area (Å²) < 4.78 is 30.2. The maximum atomic E-state index is 12.8. The van der Waals surface area contributed by atoms with Crippen molar-refractivity contribution in [3.63, 3.8) is 0 Å². The van der Waals surface area contributed by atoms with Gasteiger partial charge in [-0.1, -0.05) is 11.6 Å². The van der Waals surface area contributed by atoms with Crippen molar-refractivity contribution < 1.29 is 18.3 Å². The van der Waals surface area contributed by atoms with Crippen molar-refractivity contribution in [2.24, 2.45) is 7.05 Å². The van der Waals surface area contributed by atoms with Gasteiger partial charge in [0.15, 0.2) is 0 Å². The zero-order valence-electron chi connectivity index (χ0n) is 15.0. The molecule has 11 heteroatoms. The smallest absolute Gasteiger partial charge is 0.280 e. The van der Waals surface area contributed by atoms with Crippen LogP contribution < -0.4 is 10.0 Å². The first kappa shape index (κ1) is 19.6. The summed E-state index contributed by atoms with van der Waals surface area (Å²) in [6.07, 6.45) is 1.79. The number of nitrogens with one attached hydrogen (secondary N) is 2. The van der Waals surface area contributed by atoms with Crippen LogP contribution in [0.3, 0.4) is 0 Å². The molecule has 1 saturated heterocycles. The topological polar surface area (TPSA) is 117 Å². The minimum absolute atomic E-state index is 0.117. The number of amides is 1. The van der Waals surface area contributed by atoms with Gasteiger partial charge in [0.25, 0.3) is 10.2 Å². The quantitative estimate of drug-likeness (QED) is 0.656. The molecule has 0 radical (unpaired) electrons. The summed E-state index contributed by atoms with van der Waals surface area (Å²) >= 11 is 5.90. The molecule has 1 aliphatic rings. The number of carbonyl (C=O) groups excluding carboxylic acids is 1. The van der Waals surface area contributed by atoms with Crippen molar-refractivity contribution in [3.05, 3.63) is 40.7 Å². The molecule has 0 saturated carbocycles. The Kier molecular flexibility index (Phi) is 5.17. The summed E-state index contributed by atoms with van der Waals surface area (Å²) in [5.41, 5.74) is 1.63. The fourth-order valence-corrected chi connectivity index (χ4v) is 4.43. The summed E-state index contributed by atoms with van der Waals surface area (Å²) in [5, 5.41) is 16.9. The van der Waals surface area contributed by atoms with Crippen LogP contribution in [-0.2, 0) is 22.1 Å². The number of hydrogen-bond acceptors (Lipinski definition) is 5. The van der Waals surface area contributed by atoms with Crippen LogP contribution in [0.4, 0.5) is 5.69 Å². The van der Waals surface area contributed by atoms with Gasteiger partial charge in [-0.05, 0) is 31.5 Å². The molecule has 0 aliphatic carbocycles. The maximum absolute atomic E-state index is 12.8. The van der Waals surface area contributed by atoms with Gasteiger partial charge >= 0.3 is 0 Å². The summed E-state index contributed by atoms with van der Waals surface area (Å²) in [4.78, 5) is 12.8. The molecular formula is C16H20ClN5O4S. The van der Waals surface area contributed by atoms with Crippen LogP contribution in [0.1, 0.15) is 23.7 Å². The molecule has 1 fully saturated rings. The molecule has 2 heterocycles. The van der Waals surface area contributed by atoms with Gasteiger partial charge in [-0.25, -0.2) is 0 Å². The molecule has 27 heavy (non-hydrogen) atoms. The average Bonchev–Trinajstić information content (AvgIpc) is 2.92. The van der Waals surface area contributed by atoms with E-state index < -0.39 is 28.2 Å². The largest absolute Gasteiger partial charge is 0.506 e. The first-order valence-electron chi connectivity index (χ1n) is 8.13. The number of nitrogens with zero attached hydrogens (tertiary/aromatic N) is 3. The van der Waals surface area contributed by atoms with E-state index in [4.69, 9.17) is 11.6 Å². The Morgan fingerprint density at radius 1 is 1.41 bits per heavy atom. The van der Waals surface area contributed by atoms with Gasteiger partial charge in [0, 0.05) is 30.4 Å². The molecule has 146 valence electrons. The lowest BCUT2D eigenvalue weighted by Crippen LogP contribution is -2.56. The lowest BCUT2D eigenvalue weighted by molar-refractivity contribution is -0.120. The standard InChI is InChI=1S/C16H20ClN5O4S/c1-9-11(8-18-21(9)2)12-7-14(22(3)27(25,26)20-12)16(24)19-13-6-10(17)4-5-15(13)23/h4-6,8,12,14,20,23H,7H2,1-3H3,(H,19,24)/t12-,14-/m0/s1. The minimum Gasteiger partial charge on any atom is -0.506 e. The number of aromatic hydroxyl groups is 1. The number of likely N-dealkylation sites (N-methyl/N-ethyl adjacent to an activating group) is 1. The van der Waals surface area contributed by atoms with Crippen molar-refractivity contribution in [1.82, 2.24) is 18.8 Å². The second-order valence-corrected chi connectivity index (χ2v) is 8.60. The van der Waals surface area contributed by atoms with Crippen LogP contribution in [0.25, 0.3) is 0 Å². The second-order valence-electron chi connectivity index (χ2n) is 6.40.